The maximum atomic E-state index is 13.0. The molecule has 0 fully saturated rings. The van der Waals surface area contributed by atoms with Crippen LogP contribution < -0.4 is 0 Å². The van der Waals surface area contributed by atoms with Crippen LogP contribution in [0.5, 0.6) is 0 Å². The van der Waals surface area contributed by atoms with Gasteiger partial charge in [0.15, 0.2) is 5.76 Å². The molecule has 0 N–H and O–H groups in total. The third kappa shape index (κ3) is 3.89. The van der Waals surface area contributed by atoms with Gasteiger partial charge in [-0.2, -0.15) is 0 Å². The second-order valence-electron chi connectivity index (χ2n) is 6.63. The quantitative estimate of drug-likeness (QED) is 0.448. The molecule has 0 saturated heterocycles. The fourth-order valence-corrected chi connectivity index (χ4v) is 3.31. The lowest BCUT2D eigenvalue weighted by atomic mass is 10.1. The van der Waals surface area contributed by atoms with E-state index in [1.165, 1.54) is 6.26 Å². The third-order valence-electron chi connectivity index (χ3n) is 4.47. The summed E-state index contributed by atoms with van der Waals surface area (Å²) in [6.07, 6.45) is 4.93. The molecule has 140 valence electrons. The molecule has 3 heterocycles. The van der Waals surface area contributed by atoms with Gasteiger partial charge in [-0.15, -0.1) is 0 Å². The summed E-state index contributed by atoms with van der Waals surface area (Å²) in [6.45, 7) is 2.72. The summed E-state index contributed by atoms with van der Waals surface area (Å²) < 4.78 is 5.31. The van der Waals surface area contributed by atoms with Crippen molar-refractivity contribution < 1.29 is 9.21 Å². The summed E-state index contributed by atoms with van der Waals surface area (Å²) in [6, 6.07) is 15.1. The van der Waals surface area contributed by atoms with Crippen molar-refractivity contribution in [2.24, 2.45) is 0 Å². The average Bonchev–Trinajstić information content (AvgIpc) is 3.23. The Labute approximate surface area is 167 Å². The monoisotopic (exact) mass is 391 g/mol. The molecular formula is C22H18ClN3O2. The van der Waals surface area contributed by atoms with Crippen LogP contribution in [0.3, 0.4) is 0 Å². The predicted molar refractivity (Wildman–Crippen MR) is 108 cm³/mol. The van der Waals surface area contributed by atoms with Crippen LogP contribution >= 0.6 is 11.6 Å². The minimum Gasteiger partial charge on any atom is -0.459 e. The highest BCUT2D eigenvalue weighted by molar-refractivity contribution is 6.30. The molecule has 0 aliphatic carbocycles. The fraction of sp³-hybridized carbons (Fsp3) is 0.136. The Kier molecular flexibility index (Phi) is 5.08. The van der Waals surface area contributed by atoms with E-state index in [1.54, 1.807) is 29.4 Å². The second kappa shape index (κ2) is 7.82. The smallest absolute Gasteiger partial charge is 0.290 e. The number of rotatable bonds is 5. The second-order valence-corrected chi connectivity index (χ2v) is 6.99. The summed E-state index contributed by atoms with van der Waals surface area (Å²) in [4.78, 5) is 23.3. The molecule has 0 bridgehead atoms. The van der Waals surface area contributed by atoms with Gasteiger partial charge in [0, 0.05) is 36.4 Å². The Bertz CT molecular complexity index is 1110. The lowest BCUT2D eigenvalue weighted by molar-refractivity contribution is 0.0697. The Morgan fingerprint density at radius 1 is 1.14 bits per heavy atom. The van der Waals surface area contributed by atoms with Gasteiger partial charge in [0.1, 0.15) is 5.15 Å². The van der Waals surface area contributed by atoms with Crippen LogP contribution in [-0.2, 0) is 13.1 Å². The zero-order valence-corrected chi connectivity index (χ0v) is 16.1. The lowest BCUT2D eigenvalue weighted by Gasteiger charge is -2.22. The van der Waals surface area contributed by atoms with Gasteiger partial charge in [0.2, 0.25) is 0 Å². The highest BCUT2D eigenvalue weighted by atomic mass is 35.5. The van der Waals surface area contributed by atoms with Crippen molar-refractivity contribution in [2.45, 2.75) is 20.0 Å². The van der Waals surface area contributed by atoms with Crippen LogP contribution in [0.2, 0.25) is 5.15 Å². The fourth-order valence-electron chi connectivity index (χ4n) is 3.10. The summed E-state index contributed by atoms with van der Waals surface area (Å²) in [7, 11) is 0. The molecule has 0 radical (unpaired) electrons. The molecule has 3 aromatic heterocycles. The number of amides is 1. The van der Waals surface area contributed by atoms with E-state index in [9.17, 15) is 4.79 Å². The molecule has 4 aromatic rings. The number of halogens is 1. The number of aromatic nitrogens is 2. The van der Waals surface area contributed by atoms with Crippen LogP contribution in [0.1, 0.15) is 27.2 Å². The number of nitrogens with zero attached hydrogens (tertiary/aromatic N) is 3. The highest BCUT2D eigenvalue weighted by Gasteiger charge is 2.21. The summed E-state index contributed by atoms with van der Waals surface area (Å²) in [5.74, 6) is 0.0684. The molecule has 0 spiro atoms. The molecular weight excluding hydrogens is 374 g/mol. The molecule has 1 aromatic carbocycles. The molecule has 4 rings (SSSR count). The summed E-state index contributed by atoms with van der Waals surface area (Å²) in [5.41, 5.74) is 3.67. The maximum Gasteiger partial charge on any atom is 0.290 e. The van der Waals surface area contributed by atoms with E-state index in [0.29, 0.717) is 18.2 Å². The number of hydrogen-bond acceptors (Lipinski definition) is 4. The predicted octanol–water partition coefficient (Wildman–Crippen LogP) is 5.03. The zero-order chi connectivity index (χ0) is 19.5. The Balaban J connectivity index is 1.69. The van der Waals surface area contributed by atoms with E-state index in [1.807, 2.05) is 37.3 Å². The third-order valence-corrected chi connectivity index (χ3v) is 4.80. The van der Waals surface area contributed by atoms with Crippen molar-refractivity contribution >= 4 is 28.4 Å². The highest BCUT2D eigenvalue weighted by Crippen LogP contribution is 2.24. The molecule has 0 aliphatic heterocycles. The van der Waals surface area contributed by atoms with E-state index in [0.717, 1.165) is 27.6 Å². The largest absolute Gasteiger partial charge is 0.459 e. The van der Waals surface area contributed by atoms with Gasteiger partial charge in [0.25, 0.3) is 5.91 Å². The van der Waals surface area contributed by atoms with Gasteiger partial charge in [-0.3, -0.25) is 9.78 Å². The zero-order valence-electron chi connectivity index (χ0n) is 15.3. The topological polar surface area (TPSA) is 59.2 Å². The van der Waals surface area contributed by atoms with Gasteiger partial charge in [0.05, 0.1) is 11.8 Å². The number of carbonyl (C=O) groups is 1. The number of benzene rings is 1. The lowest BCUT2D eigenvalue weighted by Crippen LogP contribution is -2.30. The Morgan fingerprint density at radius 3 is 2.79 bits per heavy atom. The molecule has 1 amide bonds. The molecule has 5 nitrogen and oxygen atoms in total. The van der Waals surface area contributed by atoms with Crippen molar-refractivity contribution in [1.82, 2.24) is 14.9 Å². The first-order valence-corrected chi connectivity index (χ1v) is 9.25. The standard InChI is InChI=1S/C22H18ClN3O2/c1-15-6-7-19-17(10-15)11-18(21(23)25-19)14-26(13-16-4-2-8-24-12-16)22(27)20-5-3-9-28-20/h2-12H,13-14H2,1H3. The average molecular weight is 392 g/mol. The number of pyridine rings is 2. The van der Waals surface area contributed by atoms with Gasteiger partial charge < -0.3 is 9.32 Å². The van der Waals surface area contributed by atoms with Crippen molar-refractivity contribution in [3.05, 3.63) is 94.8 Å². The Morgan fingerprint density at radius 2 is 2.04 bits per heavy atom. The van der Waals surface area contributed by atoms with Crippen LogP contribution in [0.4, 0.5) is 0 Å². The van der Waals surface area contributed by atoms with E-state index in [-0.39, 0.29) is 11.7 Å². The molecule has 0 aliphatic rings. The van der Waals surface area contributed by atoms with Crippen LogP contribution in [0.25, 0.3) is 10.9 Å². The first-order valence-electron chi connectivity index (χ1n) is 8.87. The number of furan rings is 1. The summed E-state index contributed by atoms with van der Waals surface area (Å²) in [5, 5.41) is 1.38. The van der Waals surface area contributed by atoms with Gasteiger partial charge in [-0.1, -0.05) is 29.3 Å². The SMILES string of the molecule is Cc1ccc2nc(Cl)c(CN(Cc3cccnc3)C(=O)c3ccco3)cc2c1. The molecule has 6 heteroatoms. The number of carbonyl (C=O) groups excluding carboxylic acids is 1. The van der Waals surface area contributed by atoms with Crippen molar-refractivity contribution in [1.29, 1.82) is 0 Å². The van der Waals surface area contributed by atoms with Gasteiger partial charge in [-0.05, 0) is 48.9 Å². The normalized spacial score (nSPS) is 10.9. The van der Waals surface area contributed by atoms with Gasteiger partial charge in [-0.25, -0.2) is 4.98 Å². The van der Waals surface area contributed by atoms with Gasteiger partial charge >= 0.3 is 0 Å². The van der Waals surface area contributed by atoms with Crippen LogP contribution in [-0.4, -0.2) is 20.8 Å². The van der Waals surface area contributed by atoms with Crippen molar-refractivity contribution in [3.8, 4) is 0 Å². The molecule has 0 unspecified atom stereocenters. The van der Waals surface area contributed by atoms with Crippen molar-refractivity contribution in [3.63, 3.8) is 0 Å². The van der Waals surface area contributed by atoms with Crippen LogP contribution in [0.15, 0.2) is 71.6 Å². The minimum atomic E-state index is -0.214. The first kappa shape index (κ1) is 18.2. The number of fused-ring (bicyclic) bond motifs is 1. The van der Waals surface area contributed by atoms with E-state index >= 15 is 0 Å². The maximum absolute atomic E-state index is 13.0. The number of aryl methyl sites for hydroxylation is 1. The minimum absolute atomic E-state index is 0.214. The van der Waals surface area contributed by atoms with Crippen molar-refractivity contribution in [2.75, 3.05) is 0 Å². The molecule has 28 heavy (non-hydrogen) atoms. The van der Waals surface area contributed by atoms with E-state index in [2.05, 4.69) is 16.0 Å². The summed E-state index contributed by atoms with van der Waals surface area (Å²) >= 11 is 6.43. The van der Waals surface area contributed by atoms with E-state index < -0.39 is 0 Å². The van der Waals surface area contributed by atoms with E-state index in [4.69, 9.17) is 16.0 Å². The first-order chi connectivity index (χ1) is 13.6. The number of hydrogen-bond donors (Lipinski definition) is 0. The molecule has 0 saturated carbocycles. The Hall–Kier alpha value is -3.18. The molecule has 0 atom stereocenters. The van der Waals surface area contributed by atoms with Crippen LogP contribution in [0, 0.1) is 6.92 Å².